The third-order valence-electron chi connectivity index (χ3n) is 2.55. The van der Waals surface area contributed by atoms with Crippen molar-refractivity contribution in [3.63, 3.8) is 0 Å². The Morgan fingerprint density at radius 2 is 2.19 bits per heavy atom. The SMILES string of the molecule is C[C@H]1CN(C(=O)Nc2ccccc2)CCO1. The molecular weight excluding hydrogens is 204 g/mol. The largest absolute Gasteiger partial charge is 0.375 e. The summed E-state index contributed by atoms with van der Waals surface area (Å²) < 4.78 is 5.39. The molecule has 2 rings (SSSR count). The number of nitrogens with one attached hydrogen (secondary N) is 1. The van der Waals surface area contributed by atoms with Gasteiger partial charge in [0.15, 0.2) is 0 Å². The normalized spacial score (nSPS) is 20.6. The maximum absolute atomic E-state index is 11.9. The van der Waals surface area contributed by atoms with Crippen LogP contribution in [0, 0.1) is 0 Å². The molecule has 1 aliphatic heterocycles. The summed E-state index contributed by atoms with van der Waals surface area (Å²) in [6.07, 6.45) is 0.121. The van der Waals surface area contributed by atoms with Gasteiger partial charge in [-0.3, -0.25) is 0 Å². The van der Waals surface area contributed by atoms with Gasteiger partial charge < -0.3 is 15.0 Å². The number of anilines is 1. The molecule has 0 unspecified atom stereocenters. The van der Waals surface area contributed by atoms with E-state index in [9.17, 15) is 4.79 Å². The molecule has 0 aliphatic carbocycles. The molecule has 4 heteroatoms. The lowest BCUT2D eigenvalue weighted by Gasteiger charge is -2.31. The van der Waals surface area contributed by atoms with Crippen LogP contribution in [0.2, 0.25) is 0 Å². The Balaban J connectivity index is 1.93. The lowest BCUT2D eigenvalue weighted by atomic mass is 10.3. The first-order valence-corrected chi connectivity index (χ1v) is 5.48. The molecular formula is C12H16N2O2. The summed E-state index contributed by atoms with van der Waals surface area (Å²) in [6.45, 7) is 3.90. The molecule has 1 aromatic carbocycles. The van der Waals surface area contributed by atoms with Crippen LogP contribution in [0.5, 0.6) is 0 Å². The van der Waals surface area contributed by atoms with E-state index in [2.05, 4.69) is 5.32 Å². The summed E-state index contributed by atoms with van der Waals surface area (Å²) in [7, 11) is 0. The topological polar surface area (TPSA) is 41.6 Å². The van der Waals surface area contributed by atoms with Crippen molar-refractivity contribution in [2.24, 2.45) is 0 Å². The quantitative estimate of drug-likeness (QED) is 0.785. The molecule has 0 radical (unpaired) electrons. The van der Waals surface area contributed by atoms with E-state index in [1.165, 1.54) is 0 Å². The van der Waals surface area contributed by atoms with Gasteiger partial charge in [-0.05, 0) is 19.1 Å². The Hall–Kier alpha value is -1.55. The Morgan fingerprint density at radius 3 is 2.88 bits per heavy atom. The molecule has 1 aromatic rings. The van der Waals surface area contributed by atoms with Crippen molar-refractivity contribution >= 4 is 11.7 Å². The molecule has 1 fully saturated rings. The number of carbonyl (C=O) groups excluding carboxylic acids is 1. The number of hydrogen-bond acceptors (Lipinski definition) is 2. The van der Waals surface area contributed by atoms with Gasteiger partial charge in [0.1, 0.15) is 0 Å². The molecule has 86 valence electrons. The molecule has 2 amide bonds. The second-order valence-electron chi connectivity index (χ2n) is 3.92. The van der Waals surface area contributed by atoms with Crippen molar-refractivity contribution in [1.29, 1.82) is 0 Å². The van der Waals surface area contributed by atoms with E-state index < -0.39 is 0 Å². The van der Waals surface area contributed by atoms with Crippen molar-refractivity contribution in [1.82, 2.24) is 4.90 Å². The van der Waals surface area contributed by atoms with Gasteiger partial charge in [-0.2, -0.15) is 0 Å². The maximum Gasteiger partial charge on any atom is 0.322 e. The van der Waals surface area contributed by atoms with Crippen LogP contribution in [0.1, 0.15) is 6.92 Å². The first-order chi connectivity index (χ1) is 7.75. The van der Waals surface area contributed by atoms with E-state index >= 15 is 0 Å². The molecule has 0 saturated carbocycles. The molecule has 16 heavy (non-hydrogen) atoms. The van der Waals surface area contributed by atoms with E-state index in [1.54, 1.807) is 4.90 Å². The van der Waals surface area contributed by atoms with Gasteiger partial charge >= 0.3 is 6.03 Å². The van der Waals surface area contributed by atoms with Gasteiger partial charge in [0.05, 0.1) is 12.7 Å². The zero-order valence-corrected chi connectivity index (χ0v) is 9.35. The zero-order valence-electron chi connectivity index (χ0n) is 9.35. The Kier molecular flexibility index (Phi) is 3.41. The number of para-hydroxylation sites is 1. The smallest absolute Gasteiger partial charge is 0.322 e. The van der Waals surface area contributed by atoms with E-state index in [-0.39, 0.29) is 12.1 Å². The van der Waals surface area contributed by atoms with E-state index in [4.69, 9.17) is 4.74 Å². The van der Waals surface area contributed by atoms with Crippen molar-refractivity contribution < 1.29 is 9.53 Å². The lowest BCUT2D eigenvalue weighted by molar-refractivity contribution is -0.00138. The minimum absolute atomic E-state index is 0.0543. The molecule has 4 nitrogen and oxygen atoms in total. The van der Waals surface area contributed by atoms with Crippen LogP contribution in [0.4, 0.5) is 10.5 Å². The van der Waals surface area contributed by atoms with Gasteiger partial charge in [-0.1, -0.05) is 18.2 Å². The van der Waals surface area contributed by atoms with Crippen LogP contribution in [0.15, 0.2) is 30.3 Å². The minimum Gasteiger partial charge on any atom is -0.375 e. The predicted molar refractivity (Wildman–Crippen MR) is 62.4 cm³/mol. The third-order valence-corrected chi connectivity index (χ3v) is 2.55. The number of amides is 2. The molecule has 1 aliphatic rings. The second-order valence-corrected chi connectivity index (χ2v) is 3.92. The number of hydrogen-bond donors (Lipinski definition) is 1. The molecule has 0 bridgehead atoms. The zero-order chi connectivity index (χ0) is 11.4. The average Bonchev–Trinajstić information content (AvgIpc) is 2.30. The van der Waals surface area contributed by atoms with E-state index in [0.29, 0.717) is 19.7 Å². The molecule has 1 saturated heterocycles. The van der Waals surface area contributed by atoms with Crippen LogP contribution < -0.4 is 5.32 Å². The average molecular weight is 220 g/mol. The Bertz CT molecular complexity index is 353. The minimum atomic E-state index is -0.0543. The molecule has 0 spiro atoms. The van der Waals surface area contributed by atoms with E-state index in [0.717, 1.165) is 5.69 Å². The number of nitrogens with zero attached hydrogens (tertiary/aromatic N) is 1. The summed E-state index contributed by atoms with van der Waals surface area (Å²) in [6, 6.07) is 9.42. The molecule has 1 atom stereocenters. The fourth-order valence-corrected chi connectivity index (χ4v) is 1.73. The number of benzene rings is 1. The lowest BCUT2D eigenvalue weighted by Crippen LogP contribution is -2.46. The summed E-state index contributed by atoms with van der Waals surface area (Å²) in [5.41, 5.74) is 0.826. The van der Waals surface area contributed by atoms with Crippen molar-refractivity contribution in [3.05, 3.63) is 30.3 Å². The van der Waals surface area contributed by atoms with Crippen LogP contribution in [0.3, 0.4) is 0 Å². The van der Waals surface area contributed by atoms with Crippen molar-refractivity contribution in [2.45, 2.75) is 13.0 Å². The predicted octanol–water partition coefficient (Wildman–Crippen LogP) is 1.94. The standard InChI is InChI=1S/C12H16N2O2/c1-10-9-14(7-8-16-10)12(15)13-11-5-3-2-4-6-11/h2-6,10H,7-9H2,1H3,(H,13,15)/t10-/m0/s1. The number of ether oxygens (including phenoxy) is 1. The molecule has 0 aromatic heterocycles. The maximum atomic E-state index is 11.9. The van der Waals surface area contributed by atoms with Gasteiger partial charge in [0.25, 0.3) is 0 Å². The van der Waals surface area contributed by atoms with E-state index in [1.807, 2.05) is 37.3 Å². The highest BCUT2D eigenvalue weighted by atomic mass is 16.5. The number of carbonyl (C=O) groups is 1. The van der Waals surface area contributed by atoms with Crippen molar-refractivity contribution in [3.8, 4) is 0 Å². The first kappa shape index (κ1) is 11.0. The highest BCUT2D eigenvalue weighted by Gasteiger charge is 2.20. The highest BCUT2D eigenvalue weighted by Crippen LogP contribution is 2.09. The summed E-state index contributed by atoms with van der Waals surface area (Å²) in [5.74, 6) is 0. The van der Waals surface area contributed by atoms with Crippen LogP contribution in [-0.4, -0.2) is 36.7 Å². The Labute approximate surface area is 95.2 Å². The second kappa shape index (κ2) is 4.99. The fraction of sp³-hybridized carbons (Fsp3) is 0.417. The first-order valence-electron chi connectivity index (χ1n) is 5.48. The van der Waals surface area contributed by atoms with Gasteiger partial charge in [0, 0.05) is 18.8 Å². The molecule has 1 N–H and O–H groups in total. The van der Waals surface area contributed by atoms with Gasteiger partial charge in [-0.25, -0.2) is 4.79 Å². The van der Waals surface area contributed by atoms with Gasteiger partial charge in [-0.15, -0.1) is 0 Å². The number of urea groups is 1. The number of morpholine rings is 1. The number of rotatable bonds is 1. The van der Waals surface area contributed by atoms with Crippen LogP contribution in [0.25, 0.3) is 0 Å². The van der Waals surface area contributed by atoms with Gasteiger partial charge in [0.2, 0.25) is 0 Å². The fourth-order valence-electron chi connectivity index (χ4n) is 1.73. The van der Waals surface area contributed by atoms with Crippen LogP contribution in [-0.2, 0) is 4.74 Å². The van der Waals surface area contributed by atoms with Crippen LogP contribution >= 0.6 is 0 Å². The monoisotopic (exact) mass is 220 g/mol. The van der Waals surface area contributed by atoms with Crippen molar-refractivity contribution in [2.75, 3.05) is 25.0 Å². The highest BCUT2D eigenvalue weighted by molar-refractivity contribution is 5.89. The third kappa shape index (κ3) is 2.73. The molecule has 1 heterocycles. The summed E-state index contributed by atoms with van der Waals surface area (Å²) >= 11 is 0. The Morgan fingerprint density at radius 1 is 1.44 bits per heavy atom. The summed E-state index contributed by atoms with van der Waals surface area (Å²) in [4.78, 5) is 13.7. The summed E-state index contributed by atoms with van der Waals surface area (Å²) in [5, 5.41) is 2.86.